The SMILES string of the molecule is Cc1ccc(NC2CCNCC2)cc1F. The molecule has 0 aromatic heterocycles. The maximum atomic E-state index is 13.3. The van der Waals surface area contributed by atoms with Crippen molar-refractivity contribution in [3.63, 3.8) is 0 Å². The molecule has 0 aliphatic carbocycles. The van der Waals surface area contributed by atoms with E-state index in [1.54, 1.807) is 13.0 Å². The van der Waals surface area contributed by atoms with Crippen LogP contribution in [-0.2, 0) is 0 Å². The van der Waals surface area contributed by atoms with E-state index >= 15 is 0 Å². The molecule has 0 saturated carbocycles. The van der Waals surface area contributed by atoms with Gasteiger partial charge in [0, 0.05) is 11.7 Å². The van der Waals surface area contributed by atoms with E-state index in [4.69, 9.17) is 0 Å². The van der Waals surface area contributed by atoms with Gasteiger partial charge in [0.1, 0.15) is 5.82 Å². The predicted molar refractivity (Wildman–Crippen MR) is 60.7 cm³/mol. The minimum Gasteiger partial charge on any atom is -0.382 e. The van der Waals surface area contributed by atoms with Crippen LogP contribution in [0.4, 0.5) is 10.1 Å². The monoisotopic (exact) mass is 208 g/mol. The lowest BCUT2D eigenvalue weighted by atomic mass is 10.1. The van der Waals surface area contributed by atoms with Gasteiger partial charge in [0.25, 0.3) is 0 Å². The van der Waals surface area contributed by atoms with Gasteiger partial charge in [-0.05, 0) is 50.6 Å². The number of hydrogen-bond acceptors (Lipinski definition) is 2. The van der Waals surface area contributed by atoms with Crippen molar-refractivity contribution >= 4 is 5.69 Å². The van der Waals surface area contributed by atoms with Crippen LogP contribution in [0, 0.1) is 12.7 Å². The summed E-state index contributed by atoms with van der Waals surface area (Å²) in [6.45, 7) is 3.88. The second-order valence-electron chi connectivity index (χ2n) is 4.13. The van der Waals surface area contributed by atoms with Gasteiger partial charge < -0.3 is 10.6 Å². The first-order valence-corrected chi connectivity index (χ1v) is 5.49. The molecule has 82 valence electrons. The fourth-order valence-corrected chi connectivity index (χ4v) is 1.88. The summed E-state index contributed by atoms with van der Waals surface area (Å²) < 4.78 is 13.3. The van der Waals surface area contributed by atoms with Crippen LogP contribution < -0.4 is 10.6 Å². The summed E-state index contributed by atoms with van der Waals surface area (Å²) in [6.07, 6.45) is 2.21. The molecule has 0 bridgehead atoms. The van der Waals surface area contributed by atoms with Crippen molar-refractivity contribution in [2.24, 2.45) is 0 Å². The van der Waals surface area contributed by atoms with Gasteiger partial charge in [-0.25, -0.2) is 4.39 Å². The summed E-state index contributed by atoms with van der Waals surface area (Å²) >= 11 is 0. The zero-order valence-electron chi connectivity index (χ0n) is 9.02. The van der Waals surface area contributed by atoms with Crippen molar-refractivity contribution in [2.75, 3.05) is 18.4 Å². The summed E-state index contributed by atoms with van der Waals surface area (Å²) in [7, 11) is 0. The Morgan fingerprint density at radius 2 is 2.07 bits per heavy atom. The lowest BCUT2D eigenvalue weighted by Gasteiger charge is -2.24. The van der Waals surface area contributed by atoms with Crippen molar-refractivity contribution in [3.05, 3.63) is 29.6 Å². The molecule has 15 heavy (non-hydrogen) atoms. The number of aryl methyl sites for hydroxylation is 1. The first kappa shape index (κ1) is 10.4. The third-order valence-electron chi connectivity index (χ3n) is 2.88. The number of halogens is 1. The molecule has 1 saturated heterocycles. The number of hydrogen-bond donors (Lipinski definition) is 2. The van der Waals surface area contributed by atoms with Crippen LogP contribution in [0.15, 0.2) is 18.2 Å². The van der Waals surface area contributed by atoms with Crippen LogP contribution >= 0.6 is 0 Å². The van der Waals surface area contributed by atoms with Gasteiger partial charge in [-0.2, -0.15) is 0 Å². The quantitative estimate of drug-likeness (QED) is 0.779. The molecule has 2 rings (SSSR count). The van der Waals surface area contributed by atoms with Crippen LogP contribution in [0.5, 0.6) is 0 Å². The number of anilines is 1. The molecule has 0 atom stereocenters. The van der Waals surface area contributed by atoms with Crippen LogP contribution in [0.1, 0.15) is 18.4 Å². The topological polar surface area (TPSA) is 24.1 Å². The predicted octanol–water partition coefficient (Wildman–Crippen LogP) is 2.30. The number of rotatable bonds is 2. The van der Waals surface area contributed by atoms with E-state index in [1.807, 2.05) is 12.1 Å². The van der Waals surface area contributed by atoms with Gasteiger partial charge in [-0.15, -0.1) is 0 Å². The highest BCUT2D eigenvalue weighted by atomic mass is 19.1. The second kappa shape index (κ2) is 4.62. The van der Waals surface area contributed by atoms with Gasteiger partial charge in [-0.3, -0.25) is 0 Å². The minimum absolute atomic E-state index is 0.131. The van der Waals surface area contributed by atoms with Gasteiger partial charge in [-0.1, -0.05) is 6.07 Å². The summed E-state index contributed by atoms with van der Waals surface area (Å²) in [5, 5.41) is 6.68. The molecule has 0 amide bonds. The summed E-state index contributed by atoms with van der Waals surface area (Å²) in [5.41, 5.74) is 1.59. The molecule has 2 nitrogen and oxygen atoms in total. The molecule has 1 aromatic rings. The first-order chi connectivity index (χ1) is 7.25. The molecular weight excluding hydrogens is 191 g/mol. The molecule has 0 radical (unpaired) electrons. The average Bonchev–Trinajstić information content (AvgIpc) is 2.25. The molecule has 1 heterocycles. The minimum atomic E-state index is -0.131. The molecule has 1 aromatic carbocycles. The van der Waals surface area contributed by atoms with E-state index in [0.29, 0.717) is 11.6 Å². The summed E-state index contributed by atoms with van der Waals surface area (Å²) in [5.74, 6) is -0.131. The molecular formula is C12H17FN2. The third-order valence-corrected chi connectivity index (χ3v) is 2.88. The third kappa shape index (κ3) is 2.69. The molecule has 1 fully saturated rings. The molecule has 1 aliphatic heterocycles. The number of nitrogens with one attached hydrogen (secondary N) is 2. The summed E-state index contributed by atoms with van der Waals surface area (Å²) in [6, 6.07) is 5.82. The van der Waals surface area contributed by atoms with Crippen LogP contribution in [0.3, 0.4) is 0 Å². The van der Waals surface area contributed by atoms with Crippen molar-refractivity contribution in [3.8, 4) is 0 Å². The normalized spacial score (nSPS) is 17.7. The Hall–Kier alpha value is -1.09. The lowest BCUT2D eigenvalue weighted by Crippen LogP contribution is -2.35. The van der Waals surface area contributed by atoms with Gasteiger partial charge in [0.2, 0.25) is 0 Å². The smallest absolute Gasteiger partial charge is 0.128 e. The maximum Gasteiger partial charge on any atom is 0.128 e. The average molecular weight is 208 g/mol. The Bertz CT molecular complexity index is 332. The summed E-state index contributed by atoms with van der Waals surface area (Å²) in [4.78, 5) is 0. The van der Waals surface area contributed by atoms with Crippen LogP contribution in [0.25, 0.3) is 0 Å². The fraction of sp³-hybridized carbons (Fsp3) is 0.500. The Morgan fingerprint density at radius 3 is 2.73 bits per heavy atom. The number of benzene rings is 1. The molecule has 0 unspecified atom stereocenters. The lowest BCUT2D eigenvalue weighted by molar-refractivity contribution is 0.479. The van der Waals surface area contributed by atoms with Crippen molar-refractivity contribution in [2.45, 2.75) is 25.8 Å². The largest absolute Gasteiger partial charge is 0.382 e. The highest BCUT2D eigenvalue weighted by Crippen LogP contribution is 2.16. The Kier molecular flexibility index (Phi) is 3.21. The van der Waals surface area contributed by atoms with E-state index in [0.717, 1.165) is 31.6 Å². The van der Waals surface area contributed by atoms with Crippen molar-refractivity contribution < 1.29 is 4.39 Å². The van der Waals surface area contributed by atoms with Gasteiger partial charge >= 0.3 is 0 Å². The molecule has 0 spiro atoms. The van der Waals surface area contributed by atoms with E-state index < -0.39 is 0 Å². The van der Waals surface area contributed by atoms with E-state index in [1.165, 1.54) is 0 Å². The number of piperidine rings is 1. The highest BCUT2D eigenvalue weighted by molar-refractivity contribution is 5.46. The first-order valence-electron chi connectivity index (χ1n) is 5.49. The van der Waals surface area contributed by atoms with E-state index in [2.05, 4.69) is 10.6 Å². The van der Waals surface area contributed by atoms with Crippen LogP contribution in [-0.4, -0.2) is 19.1 Å². The fourth-order valence-electron chi connectivity index (χ4n) is 1.88. The van der Waals surface area contributed by atoms with Gasteiger partial charge in [0.05, 0.1) is 0 Å². The second-order valence-corrected chi connectivity index (χ2v) is 4.13. The molecule has 3 heteroatoms. The zero-order valence-corrected chi connectivity index (χ0v) is 9.02. The van der Waals surface area contributed by atoms with Crippen molar-refractivity contribution in [1.82, 2.24) is 5.32 Å². The molecule has 1 aliphatic rings. The van der Waals surface area contributed by atoms with Crippen molar-refractivity contribution in [1.29, 1.82) is 0 Å². The highest BCUT2D eigenvalue weighted by Gasteiger charge is 2.12. The van der Waals surface area contributed by atoms with E-state index in [-0.39, 0.29) is 5.82 Å². The standard InChI is InChI=1S/C12H17FN2/c1-9-2-3-11(8-12(9)13)15-10-4-6-14-7-5-10/h2-3,8,10,14-15H,4-7H2,1H3. The molecule has 2 N–H and O–H groups in total. The Balaban J connectivity index is 2.00. The zero-order chi connectivity index (χ0) is 10.7. The van der Waals surface area contributed by atoms with Crippen LogP contribution in [0.2, 0.25) is 0 Å². The van der Waals surface area contributed by atoms with Gasteiger partial charge in [0.15, 0.2) is 0 Å². The van der Waals surface area contributed by atoms with E-state index in [9.17, 15) is 4.39 Å². The Morgan fingerprint density at radius 1 is 1.33 bits per heavy atom. The maximum absolute atomic E-state index is 13.3. The Labute approximate surface area is 89.9 Å².